The molecule has 4 rings (SSSR count). The molecule has 31 heavy (non-hydrogen) atoms. The number of hydrogen-bond acceptors (Lipinski definition) is 3. The van der Waals surface area contributed by atoms with Crippen LogP contribution in [0, 0.1) is 19.8 Å². The second kappa shape index (κ2) is 9.27. The van der Waals surface area contributed by atoms with Crippen molar-refractivity contribution in [1.29, 1.82) is 0 Å². The van der Waals surface area contributed by atoms with Crippen molar-refractivity contribution in [2.45, 2.75) is 46.5 Å². The Hall–Kier alpha value is -2.59. The van der Waals surface area contributed by atoms with Gasteiger partial charge in [-0.25, -0.2) is 0 Å². The van der Waals surface area contributed by atoms with Crippen LogP contribution in [0.1, 0.15) is 47.6 Å². The largest absolute Gasteiger partial charge is 0.494 e. The maximum atomic E-state index is 11.0. The number of aryl methyl sites for hydroxylation is 4. The quantitative estimate of drug-likeness (QED) is 0.608. The highest BCUT2D eigenvalue weighted by Crippen LogP contribution is 2.34. The number of benzene rings is 2. The number of hydrogen-bond donors (Lipinski definition) is 1. The summed E-state index contributed by atoms with van der Waals surface area (Å²) in [6, 6.07) is 13.2. The van der Waals surface area contributed by atoms with Crippen LogP contribution in [0.5, 0.6) is 5.75 Å². The Morgan fingerprint density at radius 3 is 2.65 bits per heavy atom. The third-order valence-electron chi connectivity index (χ3n) is 6.79. The van der Waals surface area contributed by atoms with Crippen LogP contribution in [0.15, 0.2) is 42.0 Å². The molecule has 0 unspecified atom stereocenters. The number of carboxylic acid groups (broad SMARTS) is 1. The summed E-state index contributed by atoms with van der Waals surface area (Å²) in [6.07, 6.45) is 4.12. The Labute approximate surface area is 185 Å². The van der Waals surface area contributed by atoms with Crippen LogP contribution in [-0.4, -0.2) is 42.2 Å². The minimum Gasteiger partial charge on any atom is -0.494 e. The molecule has 0 radical (unpaired) electrons. The number of ether oxygens (including phenoxy) is 1. The summed E-state index contributed by atoms with van der Waals surface area (Å²) in [5.74, 6) is 0.103. The van der Waals surface area contributed by atoms with Gasteiger partial charge in [-0.15, -0.1) is 0 Å². The Kier molecular flexibility index (Phi) is 6.47. The average molecular weight is 420 g/mol. The first kappa shape index (κ1) is 21.6. The molecule has 0 bridgehead atoms. The van der Waals surface area contributed by atoms with E-state index in [1.807, 2.05) is 0 Å². The van der Waals surface area contributed by atoms with Gasteiger partial charge in [0.1, 0.15) is 5.75 Å². The highest BCUT2D eigenvalue weighted by atomic mass is 16.5. The number of likely N-dealkylation sites (tertiary alicyclic amines) is 1. The summed E-state index contributed by atoms with van der Waals surface area (Å²) in [5, 5.41) is 9.07. The molecule has 2 aliphatic rings. The van der Waals surface area contributed by atoms with E-state index >= 15 is 0 Å². The predicted molar refractivity (Wildman–Crippen MR) is 125 cm³/mol. The fourth-order valence-corrected chi connectivity index (χ4v) is 4.80. The summed E-state index contributed by atoms with van der Waals surface area (Å²) in [7, 11) is 0. The minimum atomic E-state index is -0.669. The first-order chi connectivity index (χ1) is 14.9. The summed E-state index contributed by atoms with van der Waals surface area (Å²) >= 11 is 0. The summed E-state index contributed by atoms with van der Waals surface area (Å²) in [4.78, 5) is 13.3. The molecular formula is C27H33NO3. The zero-order valence-electron chi connectivity index (χ0n) is 18.9. The van der Waals surface area contributed by atoms with Crippen LogP contribution in [-0.2, 0) is 17.6 Å². The zero-order valence-corrected chi connectivity index (χ0v) is 18.9. The fourth-order valence-electron chi connectivity index (χ4n) is 4.80. The van der Waals surface area contributed by atoms with Gasteiger partial charge >= 0.3 is 5.97 Å². The Morgan fingerprint density at radius 2 is 1.90 bits per heavy atom. The van der Waals surface area contributed by atoms with Crippen molar-refractivity contribution in [3.63, 3.8) is 0 Å². The van der Waals surface area contributed by atoms with Crippen molar-refractivity contribution in [2.24, 2.45) is 5.92 Å². The highest BCUT2D eigenvalue weighted by molar-refractivity contribution is 5.73. The maximum Gasteiger partial charge on any atom is 0.309 e. The van der Waals surface area contributed by atoms with Crippen LogP contribution in [0.3, 0.4) is 0 Å². The van der Waals surface area contributed by atoms with E-state index in [2.05, 4.69) is 62.1 Å². The molecule has 0 atom stereocenters. The topological polar surface area (TPSA) is 49.8 Å². The van der Waals surface area contributed by atoms with E-state index in [0.29, 0.717) is 13.1 Å². The fraction of sp³-hybridized carbons (Fsp3) is 0.444. The predicted octanol–water partition coefficient (Wildman–Crippen LogP) is 5.05. The average Bonchev–Trinajstić information content (AvgIpc) is 2.70. The van der Waals surface area contributed by atoms with Crippen molar-refractivity contribution >= 4 is 11.5 Å². The molecule has 1 saturated heterocycles. The van der Waals surface area contributed by atoms with Gasteiger partial charge in [0.2, 0.25) is 0 Å². The molecule has 1 aliphatic carbocycles. The van der Waals surface area contributed by atoms with E-state index in [1.165, 1.54) is 39.0 Å². The summed E-state index contributed by atoms with van der Waals surface area (Å²) in [6.45, 7) is 9.49. The Morgan fingerprint density at radius 1 is 1.10 bits per heavy atom. The number of aliphatic carboxylic acids is 1. The third-order valence-corrected chi connectivity index (χ3v) is 6.79. The molecule has 164 valence electrons. The van der Waals surface area contributed by atoms with Gasteiger partial charge in [-0.1, -0.05) is 35.4 Å². The Bertz CT molecular complexity index is 1000. The summed E-state index contributed by atoms with van der Waals surface area (Å²) < 4.78 is 6.06. The van der Waals surface area contributed by atoms with E-state index in [4.69, 9.17) is 9.84 Å². The first-order valence-electron chi connectivity index (χ1n) is 11.4. The van der Waals surface area contributed by atoms with Crippen LogP contribution in [0.25, 0.3) is 5.57 Å². The van der Waals surface area contributed by atoms with Gasteiger partial charge in [0, 0.05) is 19.6 Å². The second-order valence-corrected chi connectivity index (χ2v) is 9.16. The van der Waals surface area contributed by atoms with Crippen LogP contribution < -0.4 is 4.74 Å². The van der Waals surface area contributed by atoms with Gasteiger partial charge in [-0.05, 0) is 86.4 Å². The van der Waals surface area contributed by atoms with Gasteiger partial charge in [-0.3, -0.25) is 9.69 Å². The molecule has 1 aliphatic heterocycles. The first-order valence-corrected chi connectivity index (χ1v) is 11.4. The van der Waals surface area contributed by atoms with Crippen molar-refractivity contribution in [1.82, 2.24) is 4.90 Å². The number of carbonyl (C=O) groups is 1. The van der Waals surface area contributed by atoms with Crippen LogP contribution in [0.4, 0.5) is 0 Å². The molecule has 0 amide bonds. The van der Waals surface area contributed by atoms with Gasteiger partial charge in [-0.2, -0.15) is 0 Å². The normalized spacial score (nSPS) is 16.7. The maximum absolute atomic E-state index is 11.0. The van der Waals surface area contributed by atoms with E-state index in [1.54, 1.807) is 0 Å². The number of nitrogens with zero attached hydrogens (tertiary/aromatic N) is 1. The third kappa shape index (κ3) is 5.01. The van der Waals surface area contributed by atoms with Crippen molar-refractivity contribution in [3.8, 4) is 5.75 Å². The highest BCUT2D eigenvalue weighted by Gasteiger charge is 2.33. The molecular weight excluding hydrogens is 386 g/mol. The van der Waals surface area contributed by atoms with Crippen LogP contribution in [0.2, 0.25) is 0 Å². The molecule has 2 aromatic carbocycles. The van der Waals surface area contributed by atoms with E-state index in [0.717, 1.165) is 44.6 Å². The number of rotatable bonds is 8. The van der Waals surface area contributed by atoms with E-state index < -0.39 is 5.97 Å². The SMILES string of the molecule is CC1=C(CN2CC(C(=O)O)C2)CCc2cc(OCCCc3ccc(C)cc3C)ccc21. The molecule has 2 aromatic rings. The van der Waals surface area contributed by atoms with Gasteiger partial charge in [0.05, 0.1) is 12.5 Å². The molecule has 0 aromatic heterocycles. The minimum absolute atomic E-state index is 0.189. The molecule has 0 saturated carbocycles. The van der Waals surface area contributed by atoms with E-state index in [9.17, 15) is 4.79 Å². The van der Waals surface area contributed by atoms with E-state index in [-0.39, 0.29) is 5.92 Å². The molecule has 0 spiro atoms. The molecule has 1 N–H and O–H groups in total. The van der Waals surface area contributed by atoms with Crippen molar-refractivity contribution in [2.75, 3.05) is 26.2 Å². The second-order valence-electron chi connectivity index (χ2n) is 9.16. The summed E-state index contributed by atoms with van der Waals surface area (Å²) in [5.41, 5.74) is 9.56. The molecule has 4 nitrogen and oxygen atoms in total. The number of fused-ring (bicyclic) bond motifs is 1. The molecule has 1 fully saturated rings. The van der Waals surface area contributed by atoms with Gasteiger partial charge in [0.25, 0.3) is 0 Å². The Balaban J connectivity index is 1.31. The zero-order chi connectivity index (χ0) is 22.0. The standard InChI is InChI=1S/C27H33NO3/c1-18-6-7-21(19(2)13-18)5-4-12-31-25-10-11-26-20(3)23(9-8-22(26)14-25)15-28-16-24(17-28)27(29)30/h6-7,10-11,13-14,24H,4-5,8-9,12,15-17H2,1-3H3,(H,29,30). The lowest BCUT2D eigenvalue weighted by molar-refractivity contribution is -0.147. The van der Waals surface area contributed by atoms with Crippen molar-refractivity contribution < 1.29 is 14.6 Å². The van der Waals surface area contributed by atoms with Crippen LogP contribution >= 0.6 is 0 Å². The number of allylic oxidation sites excluding steroid dienone is 1. The molecule has 1 heterocycles. The monoisotopic (exact) mass is 419 g/mol. The lowest BCUT2D eigenvalue weighted by Gasteiger charge is -2.38. The lowest BCUT2D eigenvalue weighted by Crippen LogP contribution is -2.50. The van der Waals surface area contributed by atoms with Gasteiger partial charge < -0.3 is 9.84 Å². The smallest absolute Gasteiger partial charge is 0.309 e. The number of carboxylic acids is 1. The molecule has 4 heteroatoms. The lowest BCUT2D eigenvalue weighted by atomic mass is 9.85. The van der Waals surface area contributed by atoms with Crippen molar-refractivity contribution in [3.05, 3.63) is 69.8 Å². The van der Waals surface area contributed by atoms with Gasteiger partial charge in [0.15, 0.2) is 0 Å².